The first-order valence-electron chi connectivity index (χ1n) is 8.02. The van der Waals surface area contributed by atoms with Crippen LogP contribution < -0.4 is 0 Å². The van der Waals surface area contributed by atoms with Crippen molar-refractivity contribution in [2.75, 3.05) is 6.54 Å². The Bertz CT molecular complexity index is 972. The van der Waals surface area contributed by atoms with Crippen molar-refractivity contribution in [1.82, 2.24) is 4.90 Å². The van der Waals surface area contributed by atoms with Crippen LogP contribution in [0.2, 0.25) is 0 Å². The van der Waals surface area contributed by atoms with Gasteiger partial charge in [0.2, 0.25) is 0 Å². The minimum absolute atomic E-state index is 0.245. The molecular weight excluding hydrogens is 306 g/mol. The summed E-state index contributed by atoms with van der Waals surface area (Å²) in [6.07, 6.45) is 1.19. The van der Waals surface area contributed by atoms with Crippen molar-refractivity contribution in [1.29, 1.82) is 0 Å². The summed E-state index contributed by atoms with van der Waals surface area (Å²) in [5, 5.41) is 12.2. The van der Waals surface area contributed by atoms with Crippen LogP contribution in [0.3, 0.4) is 0 Å². The van der Waals surface area contributed by atoms with Gasteiger partial charge in [0.1, 0.15) is 11.6 Å². The summed E-state index contributed by atoms with van der Waals surface area (Å²) in [7, 11) is 0. The number of carboxylic acids is 1. The molecule has 3 aromatic rings. The summed E-state index contributed by atoms with van der Waals surface area (Å²) in [6, 6.07) is 11.0. The van der Waals surface area contributed by atoms with Gasteiger partial charge in [0.05, 0.1) is 0 Å². The third-order valence-corrected chi connectivity index (χ3v) is 4.82. The van der Waals surface area contributed by atoms with Gasteiger partial charge >= 0.3 is 5.97 Å². The molecule has 24 heavy (non-hydrogen) atoms. The highest BCUT2D eigenvalue weighted by Gasteiger charge is 2.36. The number of carboxylic acid groups (broad SMARTS) is 1. The summed E-state index contributed by atoms with van der Waals surface area (Å²) in [6.45, 7) is 2.30. The van der Waals surface area contributed by atoms with Crippen LogP contribution in [0.1, 0.15) is 29.0 Å². The zero-order valence-electron chi connectivity index (χ0n) is 13.3. The number of likely N-dealkylation sites (tertiary alicyclic amines) is 1. The van der Waals surface area contributed by atoms with Gasteiger partial charge in [-0.3, -0.25) is 4.79 Å². The Hall–Kier alpha value is -2.82. The number of nitrogens with zero attached hydrogens (tertiary/aromatic N) is 1. The molecule has 1 aromatic heterocycles. The van der Waals surface area contributed by atoms with E-state index in [0.29, 0.717) is 25.0 Å². The molecule has 1 amide bonds. The third kappa shape index (κ3) is 2.08. The van der Waals surface area contributed by atoms with Crippen LogP contribution in [0, 0.1) is 6.92 Å². The summed E-state index contributed by atoms with van der Waals surface area (Å²) in [4.78, 5) is 25.6. The first kappa shape index (κ1) is 14.8. The number of furan rings is 1. The molecule has 5 heteroatoms. The van der Waals surface area contributed by atoms with E-state index >= 15 is 0 Å². The van der Waals surface area contributed by atoms with Gasteiger partial charge in [-0.15, -0.1) is 0 Å². The molecule has 2 heterocycles. The Balaban J connectivity index is 1.85. The number of fused-ring (bicyclic) bond motifs is 3. The van der Waals surface area contributed by atoms with Gasteiger partial charge in [0, 0.05) is 22.9 Å². The molecule has 0 saturated carbocycles. The predicted octanol–water partition coefficient (Wildman–Crippen LogP) is 3.58. The Morgan fingerprint density at radius 2 is 1.96 bits per heavy atom. The molecule has 1 atom stereocenters. The average molecular weight is 323 g/mol. The number of carbonyl (C=O) groups is 2. The minimum atomic E-state index is -0.958. The first-order chi connectivity index (χ1) is 11.6. The Morgan fingerprint density at radius 1 is 1.17 bits per heavy atom. The lowest BCUT2D eigenvalue weighted by molar-refractivity contribution is -0.141. The van der Waals surface area contributed by atoms with E-state index in [4.69, 9.17) is 4.42 Å². The van der Waals surface area contributed by atoms with Crippen molar-refractivity contribution < 1.29 is 19.1 Å². The van der Waals surface area contributed by atoms with Crippen molar-refractivity contribution in [3.05, 3.63) is 47.7 Å². The van der Waals surface area contributed by atoms with E-state index in [1.807, 2.05) is 43.3 Å². The first-order valence-corrected chi connectivity index (χ1v) is 8.02. The zero-order valence-corrected chi connectivity index (χ0v) is 13.3. The molecule has 0 bridgehead atoms. The van der Waals surface area contributed by atoms with Gasteiger partial charge in [0.15, 0.2) is 5.76 Å². The molecule has 5 nitrogen and oxygen atoms in total. The van der Waals surface area contributed by atoms with E-state index in [-0.39, 0.29) is 11.7 Å². The molecule has 4 rings (SSSR count). The standard InChI is InChI=1S/C19H17NO4/c1-11-13-9-8-12-5-2-3-6-14(12)17(13)24-16(11)18(21)20-10-4-7-15(20)19(22)23/h2-3,5-6,8-9,15H,4,7,10H2,1H3,(H,22,23). The number of carbonyl (C=O) groups excluding carboxylic acids is 1. The molecule has 1 aliphatic heterocycles. The van der Waals surface area contributed by atoms with Crippen LogP contribution in [-0.2, 0) is 4.79 Å². The van der Waals surface area contributed by atoms with Crippen LogP contribution in [0.4, 0.5) is 0 Å². The number of aryl methyl sites for hydroxylation is 1. The molecule has 0 spiro atoms. The van der Waals surface area contributed by atoms with Gasteiger partial charge in [-0.25, -0.2) is 4.79 Å². The molecule has 1 saturated heterocycles. The SMILES string of the molecule is Cc1c(C(=O)N2CCCC2C(=O)O)oc2c1ccc1ccccc12. The Labute approximate surface area is 138 Å². The lowest BCUT2D eigenvalue weighted by Crippen LogP contribution is -2.40. The lowest BCUT2D eigenvalue weighted by atomic mass is 10.1. The highest BCUT2D eigenvalue weighted by atomic mass is 16.4. The van der Waals surface area contributed by atoms with Crippen molar-refractivity contribution in [3.8, 4) is 0 Å². The van der Waals surface area contributed by atoms with Gasteiger partial charge in [-0.05, 0) is 25.2 Å². The highest BCUT2D eigenvalue weighted by Crippen LogP contribution is 2.33. The Kier molecular flexibility index (Phi) is 3.30. The van der Waals surface area contributed by atoms with Gasteiger partial charge in [0.25, 0.3) is 5.91 Å². The van der Waals surface area contributed by atoms with Crippen LogP contribution in [0.15, 0.2) is 40.8 Å². The maximum absolute atomic E-state index is 12.9. The molecule has 1 fully saturated rings. The molecule has 122 valence electrons. The van der Waals surface area contributed by atoms with Crippen LogP contribution >= 0.6 is 0 Å². The number of amides is 1. The number of hydrogen-bond acceptors (Lipinski definition) is 3. The van der Waals surface area contributed by atoms with E-state index in [9.17, 15) is 14.7 Å². The van der Waals surface area contributed by atoms with Crippen molar-refractivity contribution in [2.24, 2.45) is 0 Å². The van der Waals surface area contributed by atoms with Gasteiger partial charge in [-0.2, -0.15) is 0 Å². The Morgan fingerprint density at radius 3 is 2.75 bits per heavy atom. The summed E-state index contributed by atoms with van der Waals surface area (Å²) in [5.74, 6) is -1.05. The van der Waals surface area contributed by atoms with E-state index in [0.717, 1.165) is 21.7 Å². The molecule has 0 aliphatic carbocycles. The summed E-state index contributed by atoms with van der Waals surface area (Å²) < 4.78 is 5.93. The number of hydrogen-bond donors (Lipinski definition) is 1. The van der Waals surface area contributed by atoms with Gasteiger partial charge in [-0.1, -0.05) is 36.4 Å². The van der Waals surface area contributed by atoms with Crippen molar-refractivity contribution >= 4 is 33.6 Å². The van der Waals surface area contributed by atoms with E-state index < -0.39 is 12.0 Å². The minimum Gasteiger partial charge on any atom is -0.480 e. The van der Waals surface area contributed by atoms with Crippen LogP contribution in [-0.4, -0.2) is 34.5 Å². The quantitative estimate of drug-likeness (QED) is 0.782. The lowest BCUT2D eigenvalue weighted by Gasteiger charge is -2.20. The van der Waals surface area contributed by atoms with E-state index in [2.05, 4.69) is 0 Å². The fraction of sp³-hybridized carbons (Fsp3) is 0.263. The molecular formula is C19H17NO4. The molecule has 2 aromatic carbocycles. The second kappa shape index (κ2) is 5.37. The molecule has 1 N–H and O–H groups in total. The fourth-order valence-corrected chi connectivity index (χ4v) is 3.55. The molecule has 1 unspecified atom stereocenters. The summed E-state index contributed by atoms with van der Waals surface area (Å²) in [5.41, 5.74) is 1.44. The topological polar surface area (TPSA) is 70.8 Å². The van der Waals surface area contributed by atoms with Crippen LogP contribution in [0.5, 0.6) is 0 Å². The second-order valence-corrected chi connectivity index (χ2v) is 6.21. The zero-order chi connectivity index (χ0) is 16.8. The smallest absolute Gasteiger partial charge is 0.326 e. The van der Waals surface area contributed by atoms with E-state index in [1.54, 1.807) is 0 Å². The maximum Gasteiger partial charge on any atom is 0.326 e. The third-order valence-electron chi connectivity index (χ3n) is 4.82. The molecule has 1 aliphatic rings. The number of rotatable bonds is 2. The average Bonchev–Trinajstić information content (AvgIpc) is 3.19. The summed E-state index contributed by atoms with van der Waals surface area (Å²) >= 11 is 0. The van der Waals surface area contributed by atoms with Gasteiger partial charge < -0.3 is 14.4 Å². The number of aliphatic carboxylic acids is 1. The predicted molar refractivity (Wildman–Crippen MR) is 90.2 cm³/mol. The van der Waals surface area contributed by atoms with Crippen molar-refractivity contribution in [2.45, 2.75) is 25.8 Å². The molecule has 0 radical (unpaired) electrons. The second-order valence-electron chi connectivity index (χ2n) is 6.21. The fourth-order valence-electron chi connectivity index (χ4n) is 3.55. The normalized spacial score (nSPS) is 17.7. The highest BCUT2D eigenvalue weighted by molar-refractivity contribution is 6.09. The van der Waals surface area contributed by atoms with E-state index in [1.165, 1.54) is 4.90 Å². The van der Waals surface area contributed by atoms with Crippen LogP contribution in [0.25, 0.3) is 21.7 Å². The monoisotopic (exact) mass is 323 g/mol. The number of benzene rings is 2. The maximum atomic E-state index is 12.9. The largest absolute Gasteiger partial charge is 0.480 e. The van der Waals surface area contributed by atoms with Crippen molar-refractivity contribution in [3.63, 3.8) is 0 Å².